The summed E-state index contributed by atoms with van der Waals surface area (Å²) >= 11 is 1.76. The molecular weight excluding hydrogens is 452 g/mol. The van der Waals surface area contributed by atoms with E-state index in [1.54, 1.807) is 30.6 Å². The van der Waals surface area contributed by atoms with E-state index < -0.39 is 0 Å². The van der Waals surface area contributed by atoms with Crippen LogP contribution < -0.4 is 15.5 Å². The minimum atomic E-state index is -0.267. The monoisotopic (exact) mass is 475 g/mol. The molecule has 2 aromatic heterocycles. The van der Waals surface area contributed by atoms with Gasteiger partial charge in [-0.3, -0.25) is 4.99 Å². The highest BCUT2D eigenvalue weighted by Gasteiger charge is 2.25. The third-order valence-electron chi connectivity index (χ3n) is 4.04. The van der Waals surface area contributed by atoms with Crippen LogP contribution in [0.25, 0.3) is 0 Å². The summed E-state index contributed by atoms with van der Waals surface area (Å²) in [6.07, 6.45) is 3.54. The summed E-state index contributed by atoms with van der Waals surface area (Å²) in [5.74, 6) is 0.957. The van der Waals surface area contributed by atoms with Gasteiger partial charge in [-0.2, -0.15) is 0 Å². The van der Waals surface area contributed by atoms with Gasteiger partial charge in [0.15, 0.2) is 17.6 Å². The quantitative estimate of drug-likeness (QED) is 0.397. The normalized spacial score (nSPS) is 17.3. The molecule has 0 aliphatic carbocycles. The molecule has 0 spiro atoms. The zero-order valence-electron chi connectivity index (χ0n) is 14.1. The van der Waals surface area contributed by atoms with Gasteiger partial charge >= 0.3 is 0 Å². The number of aromatic nitrogens is 1. The fourth-order valence-corrected chi connectivity index (χ4v) is 3.54. The van der Waals surface area contributed by atoms with Gasteiger partial charge in [-0.05, 0) is 36.4 Å². The average Bonchev–Trinajstić information content (AvgIpc) is 3.26. The molecule has 0 aromatic carbocycles. The summed E-state index contributed by atoms with van der Waals surface area (Å²) in [5, 5.41) is 8.84. The van der Waals surface area contributed by atoms with Crippen LogP contribution in [0.1, 0.15) is 11.3 Å². The molecule has 5 nitrogen and oxygen atoms in total. The maximum Gasteiger partial charge on any atom is 0.191 e. The molecule has 136 valence electrons. The average molecular weight is 475 g/mol. The molecule has 1 fully saturated rings. The molecule has 0 bridgehead atoms. The molecule has 3 rings (SSSR count). The van der Waals surface area contributed by atoms with E-state index >= 15 is 0 Å². The van der Waals surface area contributed by atoms with E-state index in [0.717, 1.165) is 38.4 Å². The number of hydrogen-bond acceptors (Lipinski definition) is 4. The highest BCUT2D eigenvalue weighted by atomic mass is 127. The first-order valence-corrected chi connectivity index (χ1v) is 8.99. The molecule has 25 heavy (non-hydrogen) atoms. The standard InChI is InChI=1S/C17H22FN5S.HI/c1-19-17(21-9-6-14-4-3-11-24-14)22-13-7-10-23(12-13)16-15(18)5-2-8-20-16;/h2-5,8,11,13H,6-7,9-10,12H2,1H3,(H2,19,21,22);1H. The van der Waals surface area contributed by atoms with Crippen LogP contribution in [0.5, 0.6) is 0 Å². The van der Waals surface area contributed by atoms with Crippen LogP contribution in [0.4, 0.5) is 10.2 Å². The van der Waals surface area contributed by atoms with Crippen molar-refractivity contribution in [3.05, 3.63) is 46.5 Å². The van der Waals surface area contributed by atoms with Gasteiger partial charge in [-0.15, -0.1) is 35.3 Å². The molecule has 1 aliphatic heterocycles. The van der Waals surface area contributed by atoms with Crippen molar-refractivity contribution in [2.24, 2.45) is 4.99 Å². The van der Waals surface area contributed by atoms with Gasteiger partial charge in [0.2, 0.25) is 0 Å². The van der Waals surface area contributed by atoms with Crippen LogP contribution in [0.3, 0.4) is 0 Å². The van der Waals surface area contributed by atoms with Crippen LogP contribution in [0, 0.1) is 5.82 Å². The lowest BCUT2D eigenvalue weighted by molar-refractivity contribution is 0.612. The van der Waals surface area contributed by atoms with Crippen molar-refractivity contribution in [2.45, 2.75) is 18.9 Å². The number of pyridine rings is 1. The lowest BCUT2D eigenvalue weighted by Gasteiger charge is -2.19. The first kappa shape index (κ1) is 19.9. The van der Waals surface area contributed by atoms with E-state index in [-0.39, 0.29) is 35.8 Å². The largest absolute Gasteiger partial charge is 0.356 e. The summed E-state index contributed by atoms with van der Waals surface area (Å²) in [7, 11) is 1.77. The molecule has 2 aromatic rings. The van der Waals surface area contributed by atoms with Crippen LogP contribution >= 0.6 is 35.3 Å². The number of anilines is 1. The number of halogens is 2. The summed E-state index contributed by atoms with van der Waals surface area (Å²) in [4.78, 5) is 11.8. The number of hydrogen-bond donors (Lipinski definition) is 2. The number of guanidine groups is 1. The fraction of sp³-hybridized carbons (Fsp3) is 0.412. The van der Waals surface area contributed by atoms with Gasteiger partial charge in [0, 0.05) is 43.8 Å². The fourth-order valence-electron chi connectivity index (χ4n) is 2.83. The van der Waals surface area contributed by atoms with Crippen molar-refractivity contribution < 1.29 is 4.39 Å². The smallest absolute Gasteiger partial charge is 0.191 e. The molecule has 1 saturated heterocycles. The molecule has 0 saturated carbocycles. The maximum atomic E-state index is 13.8. The number of aliphatic imine (C=N–C) groups is 1. The highest BCUT2D eigenvalue weighted by molar-refractivity contribution is 14.0. The SMILES string of the molecule is CN=C(NCCc1cccs1)NC1CCN(c2ncccc2F)C1.I. The molecule has 0 amide bonds. The Hall–Kier alpha value is -1.42. The van der Waals surface area contributed by atoms with Gasteiger partial charge < -0.3 is 15.5 Å². The summed E-state index contributed by atoms with van der Waals surface area (Å²) in [5.41, 5.74) is 0. The Balaban J connectivity index is 0.00000225. The van der Waals surface area contributed by atoms with Crippen molar-refractivity contribution in [1.29, 1.82) is 0 Å². The van der Waals surface area contributed by atoms with Crippen molar-refractivity contribution in [3.8, 4) is 0 Å². The van der Waals surface area contributed by atoms with Crippen molar-refractivity contribution in [2.75, 3.05) is 31.6 Å². The predicted octanol–water partition coefficient (Wildman–Crippen LogP) is 2.89. The molecule has 8 heteroatoms. The van der Waals surface area contributed by atoms with Crippen molar-refractivity contribution >= 4 is 47.1 Å². The van der Waals surface area contributed by atoms with Crippen LogP contribution in [0.2, 0.25) is 0 Å². The molecular formula is C17H23FIN5S. The Morgan fingerprint density at radius 1 is 1.44 bits per heavy atom. The minimum Gasteiger partial charge on any atom is -0.356 e. The first-order valence-electron chi connectivity index (χ1n) is 8.11. The summed E-state index contributed by atoms with van der Waals surface area (Å²) in [6, 6.07) is 7.51. The van der Waals surface area contributed by atoms with Crippen LogP contribution in [-0.2, 0) is 6.42 Å². The molecule has 1 unspecified atom stereocenters. The summed E-state index contributed by atoms with van der Waals surface area (Å²) in [6.45, 7) is 2.35. The minimum absolute atomic E-state index is 0. The Kier molecular flexibility index (Phi) is 7.89. The Bertz CT molecular complexity index is 679. The third kappa shape index (κ3) is 5.53. The number of nitrogens with one attached hydrogen (secondary N) is 2. The second kappa shape index (κ2) is 9.91. The van der Waals surface area contributed by atoms with Crippen LogP contribution in [0.15, 0.2) is 40.8 Å². The van der Waals surface area contributed by atoms with E-state index in [4.69, 9.17) is 0 Å². The predicted molar refractivity (Wildman–Crippen MR) is 113 cm³/mol. The molecule has 1 aliphatic rings. The zero-order valence-corrected chi connectivity index (χ0v) is 17.3. The topological polar surface area (TPSA) is 52.6 Å². The van der Waals surface area contributed by atoms with Gasteiger partial charge in [0.25, 0.3) is 0 Å². The van der Waals surface area contributed by atoms with Gasteiger partial charge in [0.1, 0.15) is 0 Å². The lowest BCUT2D eigenvalue weighted by Crippen LogP contribution is -2.45. The lowest BCUT2D eigenvalue weighted by atomic mass is 10.3. The number of thiophene rings is 1. The number of nitrogens with zero attached hydrogens (tertiary/aromatic N) is 3. The van der Waals surface area contributed by atoms with E-state index in [1.165, 1.54) is 10.9 Å². The first-order chi connectivity index (χ1) is 11.8. The van der Waals surface area contributed by atoms with Gasteiger partial charge in [0.05, 0.1) is 0 Å². The van der Waals surface area contributed by atoms with Gasteiger partial charge in [-0.25, -0.2) is 9.37 Å². The maximum absolute atomic E-state index is 13.8. The highest BCUT2D eigenvalue weighted by Crippen LogP contribution is 2.20. The number of rotatable bonds is 5. The second-order valence-electron chi connectivity index (χ2n) is 5.71. The molecule has 1 atom stereocenters. The Morgan fingerprint density at radius 3 is 3.04 bits per heavy atom. The van der Waals surface area contributed by atoms with E-state index in [0.29, 0.717) is 5.82 Å². The van der Waals surface area contributed by atoms with Gasteiger partial charge in [-0.1, -0.05) is 6.07 Å². The Labute approximate surface area is 168 Å². The van der Waals surface area contributed by atoms with Crippen molar-refractivity contribution in [3.63, 3.8) is 0 Å². The van der Waals surface area contributed by atoms with E-state index in [1.807, 2.05) is 4.90 Å². The molecule has 3 heterocycles. The third-order valence-corrected chi connectivity index (χ3v) is 4.97. The van der Waals surface area contributed by atoms with Crippen LogP contribution in [-0.4, -0.2) is 43.7 Å². The molecule has 2 N–H and O–H groups in total. The Morgan fingerprint density at radius 2 is 2.32 bits per heavy atom. The van der Waals surface area contributed by atoms with E-state index in [9.17, 15) is 4.39 Å². The van der Waals surface area contributed by atoms with E-state index in [2.05, 4.69) is 38.1 Å². The van der Waals surface area contributed by atoms with Crippen molar-refractivity contribution in [1.82, 2.24) is 15.6 Å². The zero-order chi connectivity index (χ0) is 16.8. The summed E-state index contributed by atoms with van der Waals surface area (Å²) < 4.78 is 13.8. The molecule has 0 radical (unpaired) electrons. The second-order valence-corrected chi connectivity index (χ2v) is 6.75.